The van der Waals surface area contributed by atoms with Crippen molar-refractivity contribution in [1.29, 1.82) is 0 Å². The van der Waals surface area contributed by atoms with Crippen LogP contribution >= 0.6 is 0 Å². The van der Waals surface area contributed by atoms with Crippen LogP contribution in [0.25, 0.3) is 0 Å². The van der Waals surface area contributed by atoms with E-state index < -0.39 is 0 Å². The highest BCUT2D eigenvalue weighted by Gasteiger charge is 2.37. The number of hydrogen-bond donors (Lipinski definition) is 1. The predicted octanol–water partition coefficient (Wildman–Crippen LogP) is 1.02. The highest BCUT2D eigenvalue weighted by Crippen LogP contribution is 2.24. The summed E-state index contributed by atoms with van der Waals surface area (Å²) in [7, 11) is 0. The van der Waals surface area contributed by atoms with Crippen molar-refractivity contribution in [2.24, 2.45) is 11.7 Å². The molecule has 1 aromatic rings. The van der Waals surface area contributed by atoms with Crippen LogP contribution in [-0.2, 0) is 4.79 Å². The van der Waals surface area contributed by atoms with Crippen molar-refractivity contribution >= 4 is 11.8 Å². The van der Waals surface area contributed by atoms with E-state index in [-0.39, 0.29) is 17.7 Å². The Morgan fingerprint density at radius 1 is 1.14 bits per heavy atom. The third-order valence-electron chi connectivity index (χ3n) is 4.97. The summed E-state index contributed by atoms with van der Waals surface area (Å²) in [5, 5.41) is 0. The number of rotatable bonds is 3. The lowest BCUT2D eigenvalue weighted by Gasteiger charge is -2.47. The minimum Gasteiger partial charge on any atom is -0.369 e. The smallest absolute Gasteiger partial charge is 0.254 e. The molecule has 22 heavy (non-hydrogen) atoms. The first-order valence-corrected chi connectivity index (χ1v) is 7.94. The van der Waals surface area contributed by atoms with Crippen LogP contribution in [0.1, 0.15) is 28.8 Å². The van der Waals surface area contributed by atoms with Crippen LogP contribution in [0, 0.1) is 12.8 Å². The molecule has 0 unspecified atom stereocenters. The number of nitrogens with two attached hydrogens (primary N) is 1. The normalized spacial score (nSPS) is 20.7. The molecule has 2 amide bonds. The minimum atomic E-state index is -0.176. The van der Waals surface area contributed by atoms with Gasteiger partial charge in [0.25, 0.3) is 5.91 Å². The molecule has 2 heterocycles. The second-order valence-corrected chi connectivity index (χ2v) is 6.39. The predicted molar refractivity (Wildman–Crippen MR) is 84.4 cm³/mol. The number of benzene rings is 1. The second kappa shape index (κ2) is 6.08. The molecule has 2 N–H and O–H groups in total. The first-order valence-electron chi connectivity index (χ1n) is 7.94. The van der Waals surface area contributed by atoms with Crippen molar-refractivity contribution in [2.75, 3.05) is 26.2 Å². The summed E-state index contributed by atoms with van der Waals surface area (Å²) in [6.45, 7) is 5.36. The number of piperidine rings is 1. The Labute approximate surface area is 131 Å². The summed E-state index contributed by atoms with van der Waals surface area (Å²) in [4.78, 5) is 28.0. The van der Waals surface area contributed by atoms with Gasteiger partial charge in [0.05, 0.1) is 0 Å². The molecule has 5 heteroatoms. The molecule has 0 aromatic heterocycles. The van der Waals surface area contributed by atoms with Crippen molar-refractivity contribution in [3.05, 3.63) is 35.4 Å². The zero-order valence-corrected chi connectivity index (χ0v) is 13.0. The van der Waals surface area contributed by atoms with Crippen LogP contribution < -0.4 is 5.73 Å². The van der Waals surface area contributed by atoms with Crippen LogP contribution in [0.2, 0.25) is 0 Å². The van der Waals surface area contributed by atoms with Gasteiger partial charge in [-0.05, 0) is 44.5 Å². The van der Waals surface area contributed by atoms with Gasteiger partial charge in [-0.3, -0.25) is 14.5 Å². The largest absolute Gasteiger partial charge is 0.369 e. The van der Waals surface area contributed by atoms with Crippen molar-refractivity contribution in [1.82, 2.24) is 9.80 Å². The molecule has 118 valence electrons. The number of nitrogens with zero attached hydrogens (tertiary/aromatic N) is 2. The quantitative estimate of drug-likeness (QED) is 0.906. The van der Waals surface area contributed by atoms with E-state index >= 15 is 0 Å². The fourth-order valence-electron chi connectivity index (χ4n) is 3.38. The summed E-state index contributed by atoms with van der Waals surface area (Å²) in [6, 6.07) is 8.16. The van der Waals surface area contributed by atoms with E-state index in [2.05, 4.69) is 4.90 Å². The van der Waals surface area contributed by atoms with Gasteiger partial charge < -0.3 is 10.6 Å². The van der Waals surface area contributed by atoms with Gasteiger partial charge in [0, 0.05) is 30.6 Å². The summed E-state index contributed by atoms with van der Waals surface area (Å²) in [6.07, 6.45) is 1.69. The minimum absolute atomic E-state index is 0.0287. The molecule has 2 saturated heterocycles. The molecule has 2 fully saturated rings. The summed E-state index contributed by atoms with van der Waals surface area (Å²) in [5.74, 6) is -0.0213. The van der Waals surface area contributed by atoms with Gasteiger partial charge in [0.2, 0.25) is 5.91 Å². The second-order valence-electron chi connectivity index (χ2n) is 6.39. The number of carbonyl (C=O) groups excluding carboxylic acids is 2. The van der Waals surface area contributed by atoms with Gasteiger partial charge >= 0.3 is 0 Å². The number of carbonyl (C=O) groups is 2. The molecular formula is C17H23N3O2. The SMILES string of the molecule is Cc1ccccc1C(=O)N1CC(N2CCC(C(N)=O)CC2)C1. The Morgan fingerprint density at radius 3 is 2.36 bits per heavy atom. The van der Waals surface area contributed by atoms with Gasteiger partial charge in [-0.1, -0.05) is 18.2 Å². The fourth-order valence-corrected chi connectivity index (χ4v) is 3.38. The van der Waals surface area contributed by atoms with Crippen molar-refractivity contribution in [2.45, 2.75) is 25.8 Å². The number of hydrogen-bond acceptors (Lipinski definition) is 3. The lowest BCUT2D eigenvalue weighted by molar-refractivity contribution is -0.123. The third kappa shape index (κ3) is 2.86. The first kappa shape index (κ1) is 15.0. The molecule has 3 rings (SSSR count). The average Bonchev–Trinajstić information content (AvgIpc) is 2.46. The van der Waals surface area contributed by atoms with Gasteiger partial charge in [0.1, 0.15) is 0 Å². The van der Waals surface area contributed by atoms with E-state index in [1.54, 1.807) is 0 Å². The van der Waals surface area contributed by atoms with Crippen molar-refractivity contribution < 1.29 is 9.59 Å². The molecule has 1 aromatic carbocycles. The first-order chi connectivity index (χ1) is 10.6. The Kier molecular flexibility index (Phi) is 4.16. The molecule has 5 nitrogen and oxygen atoms in total. The summed E-state index contributed by atoms with van der Waals surface area (Å²) < 4.78 is 0. The molecule has 0 aliphatic carbocycles. The number of amides is 2. The standard InChI is InChI=1S/C17H23N3O2/c1-12-4-2-3-5-15(12)17(22)20-10-14(11-20)19-8-6-13(7-9-19)16(18)21/h2-5,13-14H,6-11H2,1H3,(H2,18,21). The Hall–Kier alpha value is -1.88. The molecule has 0 atom stereocenters. The number of aryl methyl sites for hydroxylation is 1. The van der Waals surface area contributed by atoms with Gasteiger partial charge in [-0.15, -0.1) is 0 Å². The topological polar surface area (TPSA) is 66.6 Å². The zero-order valence-electron chi connectivity index (χ0n) is 13.0. The number of primary amides is 1. The van der Waals surface area contributed by atoms with Crippen molar-refractivity contribution in [3.63, 3.8) is 0 Å². The Morgan fingerprint density at radius 2 is 1.77 bits per heavy atom. The maximum Gasteiger partial charge on any atom is 0.254 e. The monoisotopic (exact) mass is 301 g/mol. The fraction of sp³-hybridized carbons (Fsp3) is 0.529. The maximum absolute atomic E-state index is 12.5. The summed E-state index contributed by atoms with van der Waals surface area (Å²) in [5.41, 5.74) is 7.19. The van der Waals surface area contributed by atoms with Gasteiger partial charge in [0.15, 0.2) is 0 Å². The highest BCUT2D eigenvalue weighted by molar-refractivity contribution is 5.96. The van der Waals surface area contributed by atoms with Crippen LogP contribution in [0.4, 0.5) is 0 Å². The molecule has 0 spiro atoms. The van der Waals surface area contributed by atoms with E-state index in [4.69, 9.17) is 5.73 Å². The van der Waals surface area contributed by atoms with E-state index in [9.17, 15) is 9.59 Å². The maximum atomic E-state index is 12.5. The van der Waals surface area contributed by atoms with Gasteiger partial charge in [-0.25, -0.2) is 0 Å². The molecule has 0 bridgehead atoms. The highest BCUT2D eigenvalue weighted by atomic mass is 16.2. The van der Waals surface area contributed by atoms with Crippen LogP contribution in [-0.4, -0.2) is 53.8 Å². The zero-order chi connectivity index (χ0) is 15.7. The van der Waals surface area contributed by atoms with E-state index in [0.29, 0.717) is 6.04 Å². The Bertz CT molecular complexity index is 573. The van der Waals surface area contributed by atoms with Gasteiger partial charge in [-0.2, -0.15) is 0 Å². The van der Waals surface area contributed by atoms with Crippen LogP contribution in [0.15, 0.2) is 24.3 Å². The molecule has 0 radical (unpaired) electrons. The average molecular weight is 301 g/mol. The summed E-state index contributed by atoms with van der Waals surface area (Å²) >= 11 is 0. The van der Waals surface area contributed by atoms with E-state index in [1.807, 2.05) is 36.1 Å². The Balaban J connectivity index is 1.51. The molecular weight excluding hydrogens is 278 g/mol. The van der Waals surface area contributed by atoms with Crippen molar-refractivity contribution in [3.8, 4) is 0 Å². The van der Waals surface area contributed by atoms with E-state index in [0.717, 1.165) is 50.1 Å². The lowest BCUT2D eigenvalue weighted by Crippen LogP contribution is -2.62. The lowest BCUT2D eigenvalue weighted by atomic mass is 9.93. The molecule has 2 aliphatic heterocycles. The molecule has 0 saturated carbocycles. The number of likely N-dealkylation sites (tertiary alicyclic amines) is 2. The van der Waals surface area contributed by atoms with E-state index in [1.165, 1.54) is 0 Å². The third-order valence-corrected chi connectivity index (χ3v) is 4.97. The molecule has 2 aliphatic rings. The van der Waals surface area contributed by atoms with Crippen LogP contribution in [0.5, 0.6) is 0 Å². The van der Waals surface area contributed by atoms with Crippen LogP contribution in [0.3, 0.4) is 0 Å².